The fraction of sp³-hybridized carbons (Fsp3) is 0.600. The lowest BCUT2D eigenvalue weighted by Crippen LogP contribution is -2.47. The zero-order chi connectivity index (χ0) is 12.1. The minimum Gasteiger partial charge on any atom is -0.442 e. The van der Waals surface area contributed by atoms with Gasteiger partial charge in [-0.15, -0.1) is 0 Å². The lowest BCUT2D eigenvalue weighted by Gasteiger charge is -2.26. The van der Waals surface area contributed by atoms with Crippen LogP contribution in [0.1, 0.15) is 27.7 Å². The molecule has 0 atom stereocenters. The number of carbonyl (C=O) groups is 2. The normalized spacial score (nSPS) is 10.4. The number of hydrogen-bond acceptors (Lipinski definition) is 3. The van der Waals surface area contributed by atoms with E-state index in [1.54, 1.807) is 27.7 Å². The van der Waals surface area contributed by atoms with Crippen LogP contribution in [-0.4, -0.2) is 29.2 Å². The molecule has 0 saturated heterocycles. The molecule has 1 N–H and O–H groups in total. The van der Waals surface area contributed by atoms with Gasteiger partial charge < -0.3 is 4.74 Å². The van der Waals surface area contributed by atoms with E-state index in [9.17, 15) is 9.59 Å². The van der Waals surface area contributed by atoms with Gasteiger partial charge in [-0.2, -0.15) is 0 Å². The molecule has 0 aliphatic rings. The minimum absolute atomic E-state index is 0.328. The van der Waals surface area contributed by atoms with Gasteiger partial charge in [0.15, 0.2) is 0 Å². The van der Waals surface area contributed by atoms with Gasteiger partial charge in [0.25, 0.3) is 5.91 Å². The predicted molar refractivity (Wildman–Crippen MR) is 57.0 cm³/mol. The lowest BCUT2D eigenvalue weighted by molar-refractivity contribution is -0.121. The van der Waals surface area contributed by atoms with Crippen LogP contribution in [0.25, 0.3) is 0 Å². The Morgan fingerprint density at radius 3 is 2.33 bits per heavy atom. The van der Waals surface area contributed by atoms with E-state index >= 15 is 0 Å². The number of hydrogen-bond donors (Lipinski definition) is 1. The Morgan fingerprint density at radius 1 is 1.47 bits per heavy atom. The number of nitrogens with one attached hydrogen (secondary N) is 1. The summed E-state index contributed by atoms with van der Waals surface area (Å²) < 4.78 is 5.07. The van der Waals surface area contributed by atoms with E-state index in [2.05, 4.69) is 12.0 Å². The summed E-state index contributed by atoms with van der Waals surface area (Å²) in [5.74, 6) is -0.442. The number of nitrogens with zero attached hydrogens (tertiary/aromatic N) is 1. The molecular weight excluding hydrogens is 196 g/mol. The van der Waals surface area contributed by atoms with Crippen LogP contribution in [0.2, 0.25) is 0 Å². The van der Waals surface area contributed by atoms with Crippen LogP contribution in [0.4, 0.5) is 4.79 Å². The maximum atomic E-state index is 11.5. The van der Waals surface area contributed by atoms with Gasteiger partial charge in [0.05, 0.1) is 0 Å². The summed E-state index contributed by atoms with van der Waals surface area (Å²) in [6, 6.07) is 0. The summed E-state index contributed by atoms with van der Waals surface area (Å²) in [7, 11) is 0. The highest BCUT2D eigenvalue weighted by Crippen LogP contribution is 2.08. The third-order valence-corrected chi connectivity index (χ3v) is 1.36. The van der Waals surface area contributed by atoms with Gasteiger partial charge in [0.2, 0.25) is 0 Å². The molecule has 86 valence electrons. The van der Waals surface area contributed by atoms with E-state index in [4.69, 9.17) is 4.74 Å². The molecular formula is C10H18N2O3. The Morgan fingerprint density at radius 2 is 2.00 bits per heavy atom. The van der Waals surface area contributed by atoms with E-state index in [1.165, 1.54) is 0 Å². The Kier molecular flexibility index (Phi) is 4.84. The van der Waals surface area contributed by atoms with E-state index < -0.39 is 17.6 Å². The van der Waals surface area contributed by atoms with Crippen molar-refractivity contribution in [3.63, 3.8) is 0 Å². The van der Waals surface area contributed by atoms with E-state index in [0.29, 0.717) is 6.54 Å². The van der Waals surface area contributed by atoms with Crippen molar-refractivity contribution in [2.75, 3.05) is 6.54 Å². The average Bonchev–Trinajstić information content (AvgIpc) is 2.10. The van der Waals surface area contributed by atoms with Crippen molar-refractivity contribution in [1.82, 2.24) is 10.4 Å². The zero-order valence-electron chi connectivity index (χ0n) is 9.66. The van der Waals surface area contributed by atoms with Crippen molar-refractivity contribution >= 4 is 12.0 Å². The Balaban J connectivity index is 4.35. The van der Waals surface area contributed by atoms with Gasteiger partial charge in [-0.05, 0) is 33.8 Å². The number of amides is 2. The van der Waals surface area contributed by atoms with Crippen LogP contribution in [-0.2, 0) is 9.53 Å². The second kappa shape index (κ2) is 5.38. The highest BCUT2D eigenvalue weighted by atomic mass is 16.6. The summed E-state index contributed by atoms with van der Waals surface area (Å²) in [4.78, 5) is 22.5. The topological polar surface area (TPSA) is 58.6 Å². The molecule has 0 aliphatic heterocycles. The fourth-order valence-corrected chi connectivity index (χ4v) is 0.749. The van der Waals surface area contributed by atoms with Crippen LogP contribution < -0.4 is 5.43 Å². The van der Waals surface area contributed by atoms with Crippen LogP contribution in [0.15, 0.2) is 12.7 Å². The second-order valence-corrected chi connectivity index (χ2v) is 3.90. The first-order chi connectivity index (χ1) is 6.80. The summed E-state index contributed by atoms with van der Waals surface area (Å²) >= 11 is 0. The first-order valence-electron chi connectivity index (χ1n) is 4.73. The minimum atomic E-state index is -0.583. The van der Waals surface area contributed by atoms with Crippen LogP contribution in [0.3, 0.4) is 0 Å². The van der Waals surface area contributed by atoms with Crippen LogP contribution in [0.5, 0.6) is 0 Å². The van der Waals surface area contributed by atoms with Crippen LogP contribution >= 0.6 is 0 Å². The Labute approximate surface area is 90.1 Å². The van der Waals surface area contributed by atoms with Gasteiger partial charge in [-0.3, -0.25) is 10.2 Å². The Bertz CT molecular complexity index is 256. The van der Waals surface area contributed by atoms with E-state index in [-0.39, 0.29) is 0 Å². The third-order valence-electron chi connectivity index (χ3n) is 1.36. The molecule has 0 spiro atoms. The standard InChI is InChI=1S/C10H18N2O3/c1-6-8(13)11-12(7-2)9(14)15-10(3,4)5/h6H,1,7H2,2-5H3,(H,11,13). The molecule has 0 unspecified atom stereocenters. The molecule has 0 heterocycles. The largest absolute Gasteiger partial charge is 0.442 e. The first-order valence-corrected chi connectivity index (χ1v) is 4.73. The van der Waals surface area contributed by atoms with Crippen molar-refractivity contribution in [1.29, 1.82) is 0 Å². The molecule has 0 rings (SSSR count). The molecule has 15 heavy (non-hydrogen) atoms. The van der Waals surface area contributed by atoms with Gasteiger partial charge in [-0.1, -0.05) is 6.58 Å². The highest BCUT2D eigenvalue weighted by Gasteiger charge is 2.21. The van der Waals surface area contributed by atoms with E-state index in [1.807, 2.05) is 0 Å². The third kappa shape index (κ3) is 5.72. The van der Waals surface area contributed by atoms with Crippen molar-refractivity contribution in [3.8, 4) is 0 Å². The van der Waals surface area contributed by atoms with E-state index in [0.717, 1.165) is 11.1 Å². The summed E-state index contributed by atoms with van der Waals surface area (Å²) in [6.45, 7) is 10.6. The number of ether oxygens (including phenoxy) is 1. The van der Waals surface area contributed by atoms with Crippen molar-refractivity contribution in [2.24, 2.45) is 0 Å². The van der Waals surface area contributed by atoms with Gasteiger partial charge in [-0.25, -0.2) is 9.80 Å². The second-order valence-electron chi connectivity index (χ2n) is 3.90. The summed E-state index contributed by atoms with van der Waals surface area (Å²) in [5, 5.41) is 1.09. The average molecular weight is 214 g/mol. The zero-order valence-corrected chi connectivity index (χ0v) is 9.66. The maximum absolute atomic E-state index is 11.5. The summed E-state index contributed by atoms with van der Waals surface area (Å²) in [6.07, 6.45) is 0.507. The van der Waals surface area contributed by atoms with Crippen LogP contribution in [0, 0.1) is 0 Å². The number of hydrazine groups is 1. The molecule has 0 saturated carbocycles. The molecule has 0 aliphatic carbocycles. The lowest BCUT2D eigenvalue weighted by atomic mass is 10.2. The Hall–Kier alpha value is -1.52. The molecule has 0 aromatic rings. The van der Waals surface area contributed by atoms with Crippen molar-refractivity contribution < 1.29 is 14.3 Å². The molecule has 0 radical (unpaired) electrons. The maximum Gasteiger partial charge on any atom is 0.429 e. The number of carbonyl (C=O) groups excluding carboxylic acids is 2. The quantitative estimate of drug-likeness (QED) is 0.559. The van der Waals surface area contributed by atoms with Crippen molar-refractivity contribution in [3.05, 3.63) is 12.7 Å². The molecule has 5 heteroatoms. The molecule has 0 fully saturated rings. The van der Waals surface area contributed by atoms with Gasteiger partial charge in [0, 0.05) is 6.54 Å². The molecule has 5 nitrogen and oxygen atoms in total. The molecule has 2 amide bonds. The fourth-order valence-electron chi connectivity index (χ4n) is 0.749. The van der Waals surface area contributed by atoms with Crippen molar-refractivity contribution in [2.45, 2.75) is 33.3 Å². The summed E-state index contributed by atoms with van der Waals surface area (Å²) in [5.41, 5.74) is 1.76. The van der Waals surface area contributed by atoms with Gasteiger partial charge in [0.1, 0.15) is 5.60 Å². The monoisotopic (exact) mass is 214 g/mol. The predicted octanol–water partition coefficient (Wildman–Crippen LogP) is 1.46. The van der Waals surface area contributed by atoms with Gasteiger partial charge >= 0.3 is 6.09 Å². The molecule has 0 bridgehead atoms. The molecule has 0 aromatic heterocycles. The number of rotatable bonds is 2. The smallest absolute Gasteiger partial charge is 0.429 e. The SMILES string of the molecule is C=CC(=O)NN(CC)C(=O)OC(C)(C)C. The first kappa shape index (κ1) is 13.5. The molecule has 0 aromatic carbocycles. The highest BCUT2D eigenvalue weighted by molar-refractivity contribution is 5.88.